The van der Waals surface area contributed by atoms with Crippen LogP contribution in [0.4, 0.5) is 0 Å². The van der Waals surface area contributed by atoms with Gasteiger partial charge in [0.05, 0.1) is 22.3 Å². The Morgan fingerprint density at radius 1 is 1.32 bits per heavy atom. The van der Waals surface area contributed by atoms with Gasteiger partial charge in [-0.25, -0.2) is 4.98 Å². The molecule has 1 fully saturated rings. The maximum Gasteiger partial charge on any atom is 0.240 e. The van der Waals surface area contributed by atoms with Crippen molar-refractivity contribution in [3.8, 4) is 10.8 Å². The average molecular weight is 313 g/mol. The fraction of sp³-hybridized carbons (Fsp3) is 0.250. The van der Waals surface area contributed by atoms with Gasteiger partial charge in [-0.3, -0.25) is 4.79 Å². The Labute approximate surface area is 131 Å². The molecule has 6 heteroatoms. The number of benzene rings is 1. The van der Waals surface area contributed by atoms with Crippen molar-refractivity contribution in [2.75, 3.05) is 0 Å². The van der Waals surface area contributed by atoms with Crippen LogP contribution in [0, 0.1) is 0 Å². The molecule has 0 spiro atoms. The van der Waals surface area contributed by atoms with E-state index in [0.717, 1.165) is 33.8 Å². The highest BCUT2D eigenvalue weighted by Gasteiger charge is 2.45. The third kappa shape index (κ3) is 2.40. The average Bonchev–Trinajstić information content (AvgIpc) is 2.98. The van der Waals surface area contributed by atoms with Crippen LogP contribution in [0.25, 0.3) is 21.0 Å². The minimum atomic E-state index is -0.650. The van der Waals surface area contributed by atoms with Crippen LogP contribution in [0.5, 0.6) is 0 Å². The van der Waals surface area contributed by atoms with Crippen molar-refractivity contribution in [3.05, 3.63) is 42.2 Å². The summed E-state index contributed by atoms with van der Waals surface area (Å²) in [6, 6.07) is 11.7. The normalized spacial score (nSPS) is 15.9. The molecule has 0 aliphatic heterocycles. The minimum absolute atomic E-state index is 0.106. The van der Waals surface area contributed by atoms with E-state index in [0.29, 0.717) is 12.3 Å². The van der Waals surface area contributed by atoms with Gasteiger partial charge in [-0.05, 0) is 37.1 Å². The molecule has 2 heterocycles. The lowest BCUT2D eigenvalue weighted by atomic mass is 10.2. The van der Waals surface area contributed by atoms with Gasteiger partial charge in [-0.15, -0.1) is 11.3 Å². The molecular weight excluding hydrogens is 298 g/mol. The summed E-state index contributed by atoms with van der Waals surface area (Å²) in [4.78, 5) is 16.4. The lowest BCUT2D eigenvalue weighted by Gasteiger charge is -2.08. The van der Waals surface area contributed by atoms with Gasteiger partial charge in [0.25, 0.3) is 0 Å². The number of rotatable bonds is 4. The van der Waals surface area contributed by atoms with E-state index >= 15 is 0 Å². The topological polar surface area (TPSA) is 81.2 Å². The van der Waals surface area contributed by atoms with Crippen molar-refractivity contribution in [2.45, 2.75) is 24.9 Å². The van der Waals surface area contributed by atoms with Crippen LogP contribution in [-0.4, -0.2) is 16.4 Å². The standard InChI is InChI=1S/C16H15N3O2S/c17-16(7-8-16)15(20)18-9-10-5-6-12(21-10)14-19-11-3-1-2-4-13(11)22-14/h1-6H,7-9,17H2,(H,18,20). The summed E-state index contributed by atoms with van der Waals surface area (Å²) in [6.45, 7) is 0.350. The molecule has 1 saturated carbocycles. The second-order valence-electron chi connectivity index (χ2n) is 5.59. The van der Waals surface area contributed by atoms with E-state index in [2.05, 4.69) is 10.3 Å². The maximum absolute atomic E-state index is 11.8. The first kappa shape index (κ1) is 13.5. The number of nitrogens with two attached hydrogens (primary N) is 1. The number of para-hydroxylation sites is 1. The number of carbonyl (C=O) groups excluding carboxylic acids is 1. The van der Waals surface area contributed by atoms with E-state index in [9.17, 15) is 4.79 Å². The van der Waals surface area contributed by atoms with E-state index in [4.69, 9.17) is 10.2 Å². The number of fused-ring (bicyclic) bond motifs is 1. The highest BCUT2D eigenvalue weighted by Crippen LogP contribution is 2.33. The molecule has 0 saturated heterocycles. The lowest BCUT2D eigenvalue weighted by Crippen LogP contribution is -2.42. The molecule has 3 aromatic rings. The number of carbonyl (C=O) groups is 1. The van der Waals surface area contributed by atoms with Crippen molar-refractivity contribution < 1.29 is 9.21 Å². The fourth-order valence-corrected chi connectivity index (χ4v) is 3.20. The first-order valence-electron chi connectivity index (χ1n) is 7.16. The van der Waals surface area contributed by atoms with Crippen LogP contribution >= 0.6 is 11.3 Å². The van der Waals surface area contributed by atoms with E-state index in [1.54, 1.807) is 11.3 Å². The van der Waals surface area contributed by atoms with E-state index < -0.39 is 5.54 Å². The molecule has 0 bridgehead atoms. The van der Waals surface area contributed by atoms with Crippen molar-refractivity contribution in [1.82, 2.24) is 10.3 Å². The number of thiazole rings is 1. The summed E-state index contributed by atoms with van der Waals surface area (Å²) in [7, 11) is 0. The summed E-state index contributed by atoms with van der Waals surface area (Å²) in [5.74, 6) is 1.32. The Balaban J connectivity index is 1.50. The number of nitrogens with zero attached hydrogens (tertiary/aromatic N) is 1. The van der Waals surface area contributed by atoms with Gasteiger partial charge >= 0.3 is 0 Å². The Kier molecular flexibility index (Phi) is 3.02. The van der Waals surface area contributed by atoms with E-state index in [-0.39, 0.29) is 5.91 Å². The smallest absolute Gasteiger partial charge is 0.240 e. The SMILES string of the molecule is NC1(C(=O)NCc2ccc(-c3nc4ccccc4s3)o2)CC1. The summed E-state index contributed by atoms with van der Waals surface area (Å²) in [6.07, 6.45) is 1.52. The van der Waals surface area contributed by atoms with Crippen molar-refractivity contribution in [2.24, 2.45) is 5.73 Å². The van der Waals surface area contributed by atoms with Gasteiger partial charge < -0.3 is 15.5 Å². The highest BCUT2D eigenvalue weighted by molar-refractivity contribution is 7.21. The fourth-order valence-electron chi connectivity index (χ4n) is 2.27. The lowest BCUT2D eigenvalue weighted by molar-refractivity contribution is -0.123. The number of furan rings is 1. The van der Waals surface area contributed by atoms with Gasteiger partial charge in [-0.1, -0.05) is 12.1 Å². The van der Waals surface area contributed by atoms with Gasteiger partial charge in [0, 0.05) is 0 Å². The Hall–Kier alpha value is -2.18. The molecule has 0 atom stereocenters. The third-order valence-corrected chi connectivity index (χ3v) is 4.88. The number of hydrogen-bond donors (Lipinski definition) is 2. The Morgan fingerprint density at radius 3 is 2.91 bits per heavy atom. The quantitative estimate of drug-likeness (QED) is 0.776. The van der Waals surface area contributed by atoms with Gasteiger partial charge in [0.15, 0.2) is 10.8 Å². The van der Waals surface area contributed by atoms with Crippen LogP contribution < -0.4 is 11.1 Å². The molecule has 22 heavy (non-hydrogen) atoms. The first-order valence-corrected chi connectivity index (χ1v) is 7.98. The summed E-state index contributed by atoms with van der Waals surface area (Å²) >= 11 is 1.59. The predicted octanol–water partition coefficient (Wildman–Crippen LogP) is 2.66. The van der Waals surface area contributed by atoms with Crippen LogP contribution in [0.1, 0.15) is 18.6 Å². The van der Waals surface area contributed by atoms with Crippen LogP contribution in [0.3, 0.4) is 0 Å². The molecule has 1 aliphatic carbocycles. The minimum Gasteiger partial charge on any atom is -0.457 e. The van der Waals surface area contributed by atoms with Gasteiger partial charge in [0.1, 0.15) is 5.76 Å². The first-order chi connectivity index (χ1) is 10.6. The van der Waals surface area contributed by atoms with Crippen LogP contribution in [0.2, 0.25) is 0 Å². The van der Waals surface area contributed by atoms with Gasteiger partial charge in [0.2, 0.25) is 5.91 Å². The zero-order chi connectivity index (χ0) is 15.2. The zero-order valence-electron chi connectivity index (χ0n) is 11.8. The molecule has 2 aromatic heterocycles. The number of aromatic nitrogens is 1. The van der Waals surface area contributed by atoms with Gasteiger partial charge in [-0.2, -0.15) is 0 Å². The van der Waals surface area contributed by atoms with Crippen molar-refractivity contribution >= 4 is 27.5 Å². The van der Waals surface area contributed by atoms with Crippen LogP contribution in [0.15, 0.2) is 40.8 Å². The molecule has 1 aliphatic rings. The molecule has 112 valence electrons. The van der Waals surface area contributed by atoms with Crippen molar-refractivity contribution in [1.29, 1.82) is 0 Å². The Morgan fingerprint density at radius 2 is 2.14 bits per heavy atom. The zero-order valence-corrected chi connectivity index (χ0v) is 12.7. The molecular formula is C16H15N3O2S. The largest absolute Gasteiger partial charge is 0.457 e. The predicted molar refractivity (Wildman–Crippen MR) is 85.3 cm³/mol. The summed E-state index contributed by atoms with van der Waals surface area (Å²) in [5.41, 5.74) is 6.16. The molecule has 5 nitrogen and oxygen atoms in total. The molecule has 1 amide bonds. The van der Waals surface area contributed by atoms with E-state index in [1.807, 2.05) is 36.4 Å². The monoisotopic (exact) mass is 313 g/mol. The number of nitrogens with one attached hydrogen (secondary N) is 1. The molecule has 3 N–H and O–H groups in total. The number of hydrogen-bond acceptors (Lipinski definition) is 5. The molecule has 0 unspecified atom stereocenters. The molecule has 4 rings (SSSR count). The highest BCUT2D eigenvalue weighted by atomic mass is 32.1. The summed E-state index contributed by atoms with van der Waals surface area (Å²) in [5, 5.41) is 3.66. The summed E-state index contributed by atoms with van der Waals surface area (Å²) < 4.78 is 6.90. The second-order valence-corrected chi connectivity index (χ2v) is 6.62. The maximum atomic E-state index is 11.8. The van der Waals surface area contributed by atoms with Crippen LogP contribution in [-0.2, 0) is 11.3 Å². The van der Waals surface area contributed by atoms with E-state index in [1.165, 1.54) is 0 Å². The Bertz CT molecular complexity index is 815. The number of amides is 1. The second kappa shape index (κ2) is 4.93. The molecule has 0 radical (unpaired) electrons. The third-order valence-electron chi connectivity index (χ3n) is 3.83. The molecule has 1 aromatic carbocycles. The van der Waals surface area contributed by atoms with Crippen molar-refractivity contribution in [3.63, 3.8) is 0 Å².